The molecule has 0 heterocycles. The summed E-state index contributed by atoms with van der Waals surface area (Å²) in [6.07, 6.45) is 7.92. The minimum Gasteiger partial charge on any atom is -0.392 e. The fourth-order valence-corrected chi connectivity index (χ4v) is 2.53. The second-order valence-electron chi connectivity index (χ2n) is 5.61. The topological polar surface area (TPSA) is 35.5 Å². The van der Waals surface area contributed by atoms with E-state index in [4.69, 9.17) is 0 Å². The highest BCUT2D eigenvalue weighted by molar-refractivity contribution is 4.74. The van der Waals surface area contributed by atoms with Crippen LogP contribution in [0.15, 0.2) is 0 Å². The Morgan fingerprint density at radius 3 is 2.47 bits per heavy atom. The van der Waals surface area contributed by atoms with Crippen LogP contribution in [-0.2, 0) is 0 Å². The van der Waals surface area contributed by atoms with Gasteiger partial charge in [0.05, 0.1) is 6.10 Å². The van der Waals surface area contributed by atoms with Crippen LogP contribution in [-0.4, -0.2) is 48.3 Å². The van der Waals surface area contributed by atoms with Gasteiger partial charge in [0.1, 0.15) is 0 Å². The van der Waals surface area contributed by atoms with Crippen molar-refractivity contribution in [2.24, 2.45) is 0 Å². The first-order valence-electron chi connectivity index (χ1n) is 7.23. The van der Waals surface area contributed by atoms with Crippen molar-refractivity contribution in [3.63, 3.8) is 0 Å². The van der Waals surface area contributed by atoms with Crippen LogP contribution in [0.4, 0.5) is 0 Å². The Kier molecular flexibility index (Phi) is 7.09. The molecular weight excluding hydrogens is 212 g/mol. The summed E-state index contributed by atoms with van der Waals surface area (Å²) in [5, 5.41) is 12.7. The molecule has 3 nitrogen and oxygen atoms in total. The zero-order valence-electron chi connectivity index (χ0n) is 11.8. The molecule has 1 aliphatic carbocycles. The van der Waals surface area contributed by atoms with Crippen molar-refractivity contribution in [1.29, 1.82) is 0 Å². The van der Waals surface area contributed by atoms with Gasteiger partial charge >= 0.3 is 0 Å². The van der Waals surface area contributed by atoms with Crippen molar-refractivity contribution in [2.45, 2.75) is 70.6 Å². The summed E-state index contributed by atoms with van der Waals surface area (Å²) in [4.78, 5) is 2.52. The third-order valence-corrected chi connectivity index (χ3v) is 4.08. The van der Waals surface area contributed by atoms with Crippen LogP contribution in [0.25, 0.3) is 0 Å². The molecule has 102 valence electrons. The maximum Gasteiger partial charge on any atom is 0.0662 e. The molecule has 1 rings (SSSR count). The van der Waals surface area contributed by atoms with Gasteiger partial charge < -0.3 is 15.3 Å². The van der Waals surface area contributed by atoms with Gasteiger partial charge in [0.25, 0.3) is 0 Å². The van der Waals surface area contributed by atoms with Gasteiger partial charge in [-0.15, -0.1) is 0 Å². The lowest BCUT2D eigenvalue weighted by molar-refractivity contribution is 0.149. The number of hydrogen-bond donors (Lipinski definition) is 2. The van der Waals surface area contributed by atoms with E-state index in [-0.39, 0.29) is 12.1 Å². The van der Waals surface area contributed by atoms with E-state index in [1.165, 1.54) is 45.1 Å². The van der Waals surface area contributed by atoms with Gasteiger partial charge in [-0.25, -0.2) is 0 Å². The lowest BCUT2D eigenvalue weighted by Crippen LogP contribution is -2.38. The van der Waals surface area contributed by atoms with E-state index in [9.17, 15) is 5.11 Å². The maximum absolute atomic E-state index is 9.36. The van der Waals surface area contributed by atoms with Crippen molar-refractivity contribution < 1.29 is 5.11 Å². The SMILES string of the molecule is CC(O)C(C)NCCCN(C)C1CCCCC1. The van der Waals surface area contributed by atoms with Crippen molar-refractivity contribution >= 4 is 0 Å². The first-order chi connectivity index (χ1) is 8.11. The van der Waals surface area contributed by atoms with Crippen LogP contribution >= 0.6 is 0 Å². The summed E-state index contributed by atoms with van der Waals surface area (Å²) in [6.45, 7) is 6.05. The molecule has 0 spiro atoms. The Morgan fingerprint density at radius 1 is 1.24 bits per heavy atom. The molecule has 2 N–H and O–H groups in total. The summed E-state index contributed by atoms with van der Waals surface area (Å²) in [6, 6.07) is 1.02. The van der Waals surface area contributed by atoms with Crippen LogP contribution < -0.4 is 5.32 Å². The molecule has 0 aromatic heterocycles. The highest BCUT2D eigenvalue weighted by Gasteiger charge is 2.17. The van der Waals surface area contributed by atoms with Gasteiger partial charge in [-0.2, -0.15) is 0 Å². The molecule has 0 aliphatic heterocycles. The standard InChI is InChI=1S/C14H30N2O/c1-12(13(2)17)15-10-7-11-16(3)14-8-5-4-6-9-14/h12-15,17H,4-11H2,1-3H3. The molecule has 2 unspecified atom stereocenters. The van der Waals surface area contributed by atoms with E-state index >= 15 is 0 Å². The monoisotopic (exact) mass is 242 g/mol. The molecule has 0 aromatic carbocycles. The molecule has 1 saturated carbocycles. The van der Waals surface area contributed by atoms with Crippen LogP contribution in [0.3, 0.4) is 0 Å². The molecule has 1 aliphatic rings. The highest BCUT2D eigenvalue weighted by Crippen LogP contribution is 2.21. The predicted octanol–water partition coefficient (Wildman–Crippen LogP) is 2.00. The molecule has 2 atom stereocenters. The number of rotatable bonds is 7. The fourth-order valence-electron chi connectivity index (χ4n) is 2.53. The van der Waals surface area contributed by atoms with Crippen LogP contribution in [0.1, 0.15) is 52.4 Å². The fraction of sp³-hybridized carbons (Fsp3) is 1.00. The first kappa shape index (κ1) is 14.9. The third kappa shape index (κ3) is 5.84. The molecule has 3 heteroatoms. The smallest absolute Gasteiger partial charge is 0.0662 e. The Morgan fingerprint density at radius 2 is 1.88 bits per heavy atom. The summed E-state index contributed by atoms with van der Waals surface area (Å²) >= 11 is 0. The molecule has 1 fully saturated rings. The van der Waals surface area contributed by atoms with Gasteiger partial charge in [0, 0.05) is 12.1 Å². The molecule has 0 radical (unpaired) electrons. The molecule has 0 amide bonds. The largest absolute Gasteiger partial charge is 0.392 e. The Balaban J connectivity index is 2.05. The van der Waals surface area contributed by atoms with Crippen LogP contribution in [0.5, 0.6) is 0 Å². The quantitative estimate of drug-likeness (QED) is 0.670. The Hall–Kier alpha value is -0.120. The maximum atomic E-state index is 9.36. The number of nitrogens with one attached hydrogen (secondary N) is 1. The predicted molar refractivity (Wildman–Crippen MR) is 73.3 cm³/mol. The molecule has 17 heavy (non-hydrogen) atoms. The number of aliphatic hydroxyl groups is 1. The summed E-state index contributed by atoms with van der Waals surface area (Å²) in [5.74, 6) is 0. The van der Waals surface area contributed by atoms with E-state index in [1.54, 1.807) is 0 Å². The van der Waals surface area contributed by atoms with E-state index in [0.717, 1.165) is 12.6 Å². The Bertz CT molecular complexity index is 191. The van der Waals surface area contributed by atoms with Crippen molar-refractivity contribution in [1.82, 2.24) is 10.2 Å². The lowest BCUT2D eigenvalue weighted by Gasteiger charge is -2.31. The van der Waals surface area contributed by atoms with E-state index < -0.39 is 0 Å². The molecule has 0 aromatic rings. The minimum atomic E-state index is -0.258. The van der Waals surface area contributed by atoms with E-state index in [0.29, 0.717) is 0 Å². The van der Waals surface area contributed by atoms with Crippen molar-refractivity contribution in [3.05, 3.63) is 0 Å². The normalized spacial score (nSPS) is 21.7. The van der Waals surface area contributed by atoms with Crippen LogP contribution in [0.2, 0.25) is 0 Å². The summed E-state index contributed by atoms with van der Waals surface area (Å²) < 4.78 is 0. The molecular formula is C14H30N2O. The average molecular weight is 242 g/mol. The average Bonchev–Trinajstić information content (AvgIpc) is 2.35. The van der Waals surface area contributed by atoms with Crippen molar-refractivity contribution in [2.75, 3.05) is 20.1 Å². The zero-order valence-corrected chi connectivity index (χ0v) is 11.8. The minimum absolute atomic E-state index is 0.204. The van der Waals surface area contributed by atoms with Crippen LogP contribution in [0, 0.1) is 0 Å². The summed E-state index contributed by atoms with van der Waals surface area (Å²) in [5.41, 5.74) is 0. The summed E-state index contributed by atoms with van der Waals surface area (Å²) in [7, 11) is 2.26. The second-order valence-corrected chi connectivity index (χ2v) is 5.61. The van der Waals surface area contributed by atoms with Crippen molar-refractivity contribution in [3.8, 4) is 0 Å². The number of nitrogens with zero attached hydrogens (tertiary/aromatic N) is 1. The second kappa shape index (κ2) is 8.06. The van der Waals surface area contributed by atoms with Gasteiger partial charge in [0.15, 0.2) is 0 Å². The van der Waals surface area contributed by atoms with E-state index in [1.807, 2.05) is 13.8 Å². The number of hydrogen-bond acceptors (Lipinski definition) is 3. The zero-order chi connectivity index (χ0) is 12.7. The van der Waals surface area contributed by atoms with Gasteiger partial charge in [-0.05, 0) is 53.2 Å². The molecule has 0 bridgehead atoms. The third-order valence-electron chi connectivity index (χ3n) is 4.08. The van der Waals surface area contributed by atoms with Gasteiger partial charge in [-0.3, -0.25) is 0 Å². The lowest BCUT2D eigenvalue weighted by atomic mass is 9.94. The van der Waals surface area contributed by atoms with Gasteiger partial charge in [-0.1, -0.05) is 19.3 Å². The van der Waals surface area contributed by atoms with Gasteiger partial charge in [0.2, 0.25) is 0 Å². The Labute approximate surface area is 107 Å². The first-order valence-corrected chi connectivity index (χ1v) is 7.23. The number of aliphatic hydroxyl groups excluding tert-OH is 1. The van der Waals surface area contributed by atoms with E-state index in [2.05, 4.69) is 17.3 Å². The molecule has 0 saturated heterocycles. The highest BCUT2D eigenvalue weighted by atomic mass is 16.3.